The molecule has 20 heavy (non-hydrogen) atoms. The fraction of sp³-hybridized carbons (Fsp3) is 0.308. The fourth-order valence-corrected chi connectivity index (χ4v) is 2.79. The number of aromatic nitrogens is 2. The highest BCUT2D eigenvalue weighted by molar-refractivity contribution is 7.16. The quantitative estimate of drug-likeness (QED) is 0.905. The first-order valence-electron chi connectivity index (χ1n) is 6.12. The molecule has 2 aromatic rings. The molecule has 0 aromatic carbocycles. The first-order valence-corrected chi connectivity index (χ1v) is 6.93. The van der Waals surface area contributed by atoms with Crippen LogP contribution in [0, 0.1) is 25.2 Å². The van der Waals surface area contributed by atoms with Crippen LogP contribution in [0.5, 0.6) is 0 Å². The van der Waals surface area contributed by atoms with E-state index in [1.54, 1.807) is 10.9 Å². The van der Waals surface area contributed by atoms with E-state index in [0.717, 1.165) is 10.4 Å². The third-order valence-corrected chi connectivity index (χ3v) is 4.18. The van der Waals surface area contributed by atoms with Crippen molar-refractivity contribution in [2.45, 2.75) is 27.3 Å². The van der Waals surface area contributed by atoms with Crippen molar-refractivity contribution in [2.24, 2.45) is 0 Å². The maximum atomic E-state index is 12.2. The van der Waals surface area contributed by atoms with Crippen molar-refractivity contribution < 1.29 is 4.79 Å². The normalized spacial score (nSPS) is 10.3. The predicted molar refractivity (Wildman–Crippen MR) is 78.8 cm³/mol. The van der Waals surface area contributed by atoms with E-state index in [2.05, 4.69) is 16.5 Å². The van der Waals surface area contributed by atoms with Gasteiger partial charge in [0.1, 0.15) is 11.1 Å². The van der Waals surface area contributed by atoms with Crippen molar-refractivity contribution in [2.75, 3.05) is 11.1 Å². The fourth-order valence-electron chi connectivity index (χ4n) is 1.79. The van der Waals surface area contributed by atoms with Crippen LogP contribution in [-0.4, -0.2) is 15.7 Å². The molecule has 2 heterocycles. The number of nitrogen functional groups attached to an aromatic ring is 1. The molecular weight excluding hydrogens is 274 g/mol. The Kier molecular flexibility index (Phi) is 3.77. The highest BCUT2D eigenvalue weighted by Crippen LogP contribution is 2.32. The van der Waals surface area contributed by atoms with E-state index < -0.39 is 5.91 Å². The van der Waals surface area contributed by atoms with Gasteiger partial charge in [-0.15, -0.1) is 11.3 Å². The van der Waals surface area contributed by atoms with Gasteiger partial charge >= 0.3 is 0 Å². The number of amides is 1. The van der Waals surface area contributed by atoms with Crippen molar-refractivity contribution in [3.05, 3.63) is 27.9 Å². The zero-order valence-electron chi connectivity index (χ0n) is 11.5. The molecule has 0 unspecified atom stereocenters. The second-order valence-corrected chi connectivity index (χ2v) is 5.57. The van der Waals surface area contributed by atoms with Gasteiger partial charge in [-0.3, -0.25) is 9.48 Å². The standard InChI is InChI=1S/C13H15N5OS/c1-4-18-6-10(15)11(17-18)12(19)16-13-9(5-14)7(2)8(3)20-13/h6H,4,15H2,1-3H3,(H,16,19). The summed E-state index contributed by atoms with van der Waals surface area (Å²) in [5, 5.41) is 16.5. The molecular formula is C13H15N5OS. The summed E-state index contributed by atoms with van der Waals surface area (Å²) in [6.07, 6.45) is 1.62. The summed E-state index contributed by atoms with van der Waals surface area (Å²) in [5.41, 5.74) is 7.66. The van der Waals surface area contributed by atoms with Crippen LogP contribution in [0.2, 0.25) is 0 Å². The zero-order valence-corrected chi connectivity index (χ0v) is 12.3. The number of hydrogen-bond donors (Lipinski definition) is 2. The van der Waals surface area contributed by atoms with Gasteiger partial charge in [0, 0.05) is 17.6 Å². The number of hydrogen-bond acceptors (Lipinski definition) is 5. The molecule has 0 aliphatic carbocycles. The lowest BCUT2D eigenvalue weighted by Gasteiger charge is -2.01. The van der Waals surface area contributed by atoms with Gasteiger partial charge in [-0.2, -0.15) is 10.4 Å². The molecule has 0 radical (unpaired) electrons. The molecule has 3 N–H and O–H groups in total. The van der Waals surface area contributed by atoms with E-state index in [9.17, 15) is 4.79 Å². The number of aryl methyl sites for hydroxylation is 2. The number of carbonyl (C=O) groups excluding carboxylic acids is 1. The molecule has 2 aromatic heterocycles. The lowest BCUT2D eigenvalue weighted by atomic mass is 10.2. The monoisotopic (exact) mass is 289 g/mol. The highest BCUT2D eigenvalue weighted by atomic mass is 32.1. The lowest BCUT2D eigenvalue weighted by molar-refractivity contribution is 0.102. The summed E-state index contributed by atoms with van der Waals surface area (Å²) in [6.45, 7) is 6.32. The van der Waals surface area contributed by atoms with Gasteiger partial charge in [-0.1, -0.05) is 0 Å². The summed E-state index contributed by atoms with van der Waals surface area (Å²) in [7, 11) is 0. The average molecular weight is 289 g/mol. The minimum atomic E-state index is -0.396. The summed E-state index contributed by atoms with van der Waals surface area (Å²) < 4.78 is 1.60. The van der Waals surface area contributed by atoms with Crippen molar-refractivity contribution in [1.82, 2.24) is 9.78 Å². The zero-order chi connectivity index (χ0) is 14.9. The van der Waals surface area contributed by atoms with Gasteiger partial charge in [0.25, 0.3) is 5.91 Å². The van der Waals surface area contributed by atoms with E-state index in [-0.39, 0.29) is 5.69 Å². The van der Waals surface area contributed by atoms with Gasteiger partial charge in [0.2, 0.25) is 0 Å². The number of rotatable bonds is 3. The van der Waals surface area contributed by atoms with Crippen molar-refractivity contribution >= 4 is 27.9 Å². The molecule has 2 rings (SSSR count). The Bertz CT molecular complexity index is 707. The van der Waals surface area contributed by atoms with Crippen LogP contribution in [0.1, 0.15) is 33.4 Å². The predicted octanol–water partition coefficient (Wildman–Crippen LogP) is 2.29. The number of anilines is 2. The van der Waals surface area contributed by atoms with Gasteiger partial charge in [-0.25, -0.2) is 0 Å². The van der Waals surface area contributed by atoms with Crippen LogP contribution in [0.25, 0.3) is 0 Å². The number of nitrogens with zero attached hydrogens (tertiary/aromatic N) is 3. The Labute approximate surface area is 120 Å². The van der Waals surface area contributed by atoms with Crippen LogP contribution < -0.4 is 11.1 Å². The molecule has 0 spiro atoms. The molecule has 0 aliphatic rings. The Morgan fingerprint density at radius 2 is 2.30 bits per heavy atom. The highest BCUT2D eigenvalue weighted by Gasteiger charge is 2.19. The maximum absolute atomic E-state index is 12.2. The number of nitriles is 1. The molecule has 0 bridgehead atoms. The minimum Gasteiger partial charge on any atom is -0.396 e. The molecule has 0 saturated carbocycles. The van der Waals surface area contributed by atoms with Gasteiger partial charge < -0.3 is 11.1 Å². The molecule has 0 fully saturated rings. The lowest BCUT2D eigenvalue weighted by Crippen LogP contribution is -2.14. The average Bonchev–Trinajstić information content (AvgIpc) is 2.91. The van der Waals surface area contributed by atoms with Crippen LogP contribution in [-0.2, 0) is 6.54 Å². The summed E-state index contributed by atoms with van der Waals surface area (Å²) in [5.74, 6) is -0.396. The van der Waals surface area contributed by atoms with E-state index in [1.807, 2.05) is 20.8 Å². The van der Waals surface area contributed by atoms with Gasteiger partial charge in [0.15, 0.2) is 5.69 Å². The van der Waals surface area contributed by atoms with Crippen molar-refractivity contribution in [3.63, 3.8) is 0 Å². The van der Waals surface area contributed by atoms with Crippen LogP contribution in [0.4, 0.5) is 10.7 Å². The van der Waals surface area contributed by atoms with E-state index in [4.69, 9.17) is 11.0 Å². The summed E-state index contributed by atoms with van der Waals surface area (Å²) in [4.78, 5) is 13.2. The number of nitrogens with one attached hydrogen (secondary N) is 1. The van der Waals surface area contributed by atoms with Crippen molar-refractivity contribution in [3.8, 4) is 6.07 Å². The third-order valence-electron chi connectivity index (χ3n) is 3.05. The Hall–Kier alpha value is -2.33. The molecule has 104 valence electrons. The third kappa shape index (κ3) is 2.38. The second kappa shape index (κ2) is 5.35. The van der Waals surface area contributed by atoms with E-state index >= 15 is 0 Å². The molecule has 0 saturated heterocycles. The second-order valence-electron chi connectivity index (χ2n) is 4.34. The molecule has 6 nitrogen and oxygen atoms in total. The van der Waals surface area contributed by atoms with Crippen LogP contribution in [0.3, 0.4) is 0 Å². The molecule has 0 aliphatic heterocycles. The topological polar surface area (TPSA) is 96.7 Å². The number of nitrogens with two attached hydrogens (primary N) is 1. The van der Waals surface area contributed by atoms with Gasteiger partial charge in [-0.05, 0) is 26.3 Å². The molecule has 0 atom stereocenters. The maximum Gasteiger partial charge on any atom is 0.278 e. The van der Waals surface area contributed by atoms with Crippen molar-refractivity contribution in [1.29, 1.82) is 5.26 Å². The largest absolute Gasteiger partial charge is 0.396 e. The van der Waals surface area contributed by atoms with E-state index in [0.29, 0.717) is 22.8 Å². The number of thiophene rings is 1. The molecule has 1 amide bonds. The SMILES string of the molecule is CCn1cc(N)c(C(=O)Nc2sc(C)c(C)c2C#N)n1. The van der Waals surface area contributed by atoms with Crippen LogP contribution >= 0.6 is 11.3 Å². The first kappa shape index (κ1) is 14.1. The van der Waals surface area contributed by atoms with E-state index in [1.165, 1.54) is 11.3 Å². The number of carbonyl (C=O) groups is 1. The van der Waals surface area contributed by atoms with Gasteiger partial charge in [0.05, 0.1) is 11.3 Å². The molecule has 7 heteroatoms. The van der Waals surface area contributed by atoms with Crippen LogP contribution in [0.15, 0.2) is 6.20 Å². The Morgan fingerprint density at radius 1 is 1.60 bits per heavy atom. The Balaban J connectivity index is 2.30. The minimum absolute atomic E-state index is 0.180. The Morgan fingerprint density at radius 3 is 2.85 bits per heavy atom. The first-order chi connectivity index (χ1) is 9.47. The smallest absolute Gasteiger partial charge is 0.278 e. The summed E-state index contributed by atoms with van der Waals surface area (Å²) >= 11 is 1.38. The summed E-state index contributed by atoms with van der Waals surface area (Å²) in [6, 6.07) is 2.11.